The molecule has 2 fully saturated rings. The molecule has 2 rings (SSSR count). The van der Waals surface area contributed by atoms with Crippen LogP contribution in [-0.2, 0) is 32.7 Å². The van der Waals surface area contributed by atoms with Gasteiger partial charge in [0.15, 0.2) is 0 Å². The molecule has 2 saturated heterocycles. The first-order chi connectivity index (χ1) is 7.66. The van der Waals surface area contributed by atoms with Gasteiger partial charge >= 0.3 is 0 Å². The fourth-order valence-corrected chi connectivity index (χ4v) is 3.33. The molecule has 105 valence electrons. The monoisotopic (exact) mass is 327 g/mol. The largest absolute Gasteiger partial charge is 0.459 e. The van der Waals surface area contributed by atoms with Crippen LogP contribution in [0.2, 0.25) is 0 Å². The molecule has 0 aliphatic carbocycles. The second-order valence-electron chi connectivity index (χ2n) is 5.92. The molecule has 0 saturated carbocycles. The van der Waals surface area contributed by atoms with Crippen LogP contribution in [0.1, 0.15) is 39.5 Å². The summed E-state index contributed by atoms with van der Waals surface area (Å²) in [5.74, 6) is 2.00. The van der Waals surface area contributed by atoms with Crippen molar-refractivity contribution in [1.82, 2.24) is 9.80 Å². The van der Waals surface area contributed by atoms with E-state index in [4.69, 9.17) is 0 Å². The van der Waals surface area contributed by atoms with Crippen molar-refractivity contribution < 1.29 is 32.7 Å². The van der Waals surface area contributed by atoms with Crippen molar-refractivity contribution in [3.8, 4) is 0 Å². The summed E-state index contributed by atoms with van der Waals surface area (Å²) in [6.45, 7) is 9.73. The van der Waals surface area contributed by atoms with Gasteiger partial charge in [-0.25, -0.2) is 0 Å². The van der Waals surface area contributed by atoms with Gasteiger partial charge in [0.05, 0.1) is 0 Å². The number of hydrogen-bond donors (Lipinski definition) is 0. The zero-order chi connectivity index (χ0) is 11.5. The molecule has 18 heavy (non-hydrogen) atoms. The minimum absolute atomic E-state index is 0. The molecule has 0 N–H and O–H groups in total. The fourth-order valence-electron chi connectivity index (χ4n) is 3.33. The van der Waals surface area contributed by atoms with Crippen molar-refractivity contribution >= 4 is 0 Å². The predicted molar refractivity (Wildman–Crippen MR) is 75.5 cm³/mol. The van der Waals surface area contributed by atoms with Crippen LogP contribution in [0.15, 0.2) is 0 Å². The van der Waals surface area contributed by atoms with Crippen LogP contribution in [0, 0.1) is 26.3 Å². The van der Waals surface area contributed by atoms with E-state index < -0.39 is 0 Å². The summed E-state index contributed by atoms with van der Waals surface area (Å²) in [5, 5.41) is 0. The van der Waals surface area contributed by atoms with Crippen LogP contribution in [0.25, 0.3) is 0 Å². The van der Waals surface area contributed by atoms with E-state index in [1.807, 2.05) is 0 Å². The summed E-state index contributed by atoms with van der Waals surface area (Å²) in [6, 6.07) is 0.739. The average molecular weight is 327 g/mol. The van der Waals surface area contributed by atoms with Gasteiger partial charge in [-0.2, -0.15) is 0 Å². The summed E-state index contributed by atoms with van der Waals surface area (Å²) in [7, 11) is 4.04. The normalized spacial score (nSPS) is 24.7. The number of likely N-dealkylation sites (tertiary alicyclic amines) is 2. The molecule has 0 atom stereocenters. The molecular formula is C15H30N2Y-2. The van der Waals surface area contributed by atoms with Gasteiger partial charge in [0.25, 0.3) is 0 Å². The van der Waals surface area contributed by atoms with Crippen molar-refractivity contribution in [1.29, 1.82) is 0 Å². The van der Waals surface area contributed by atoms with E-state index >= 15 is 0 Å². The second kappa shape index (κ2) is 9.05. The van der Waals surface area contributed by atoms with E-state index in [1.165, 1.54) is 51.9 Å². The Bertz CT molecular complexity index is 205. The molecule has 0 spiro atoms. The Morgan fingerprint density at radius 2 is 1.28 bits per heavy atom. The third-order valence-electron chi connectivity index (χ3n) is 4.60. The first-order valence-corrected chi connectivity index (χ1v) is 6.96. The zero-order valence-corrected chi connectivity index (χ0v) is 15.4. The molecule has 0 aromatic carbocycles. The summed E-state index contributed by atoms with van der Waals surface area (Å²) in [6.07, 6.45) is 5.63. The summed E-state index contributed by atoms with van der Waals surface area (Å²) in [4.78, 5) is 4.87. The molecule has 0 aromatic rings. The SMILES string of the molecule is [CH2-]N1CCC(C2CCN(C(C)C)CC2)CC1.[CH3-].[Y]. The zero-order valence-electron chi connectivity index (χ0n) is 12.6. The second-order valence-corrected chi connectivity index (χ2v) is 5.92. The van der Waals surface area contributed by atoms with Gasteiger partial charge in [0, 0.05) is 38.8 Å². The van der Waals surface area contributed by atoms with Gasteiger partial charge < -0.3 is 17.2 Å². The quantitative estimate of drug-likeness (QED) is 0.719. The molecule has 2 heterocycles. The minimum Gasteiger partial charge on any atom is -0.459 e. The Morgan fingerprint density at radius 3 is 1.67 bits per heavy atom. The van der Waals surface area contributed by atoms with E-state index in [0.717, 1.165) is 17.9 Å². The Hall–Kier alpha value is 1.02. The summed E-state index contributed by atoms with van der Waals surface area (Å²) >= 11 is 0. The smallest absolute Gasteiger partial charge is 0.00385 e. The summed E-state index contributed by atoms with van der Waals surface area (Å²) < 4.78 is 0. The number of piperidine rings is 2. The number of nitrogens with zero attached hydrogens (tertiary/aromatic N) is 2. The van der Waals surface area contributed by atoms with Gasteiger partial charge in [0.1, 0.15) is 0 Å². The molecule has 2 aliphatic rings. The van der Waals surface area contributed by atoms with E-state index in [1.54, 1.807) is 0 Å². The summed E-state index contributed by atoms with van der Waals surface area (Å²) in [5.41, 5.74) is 0. The number of hydrogen-bond acceptors (Lipinski definition) is 2. The predicted octanol–water partition coefficient (Wildman–Crippen LogP) is 3.06. The number of rotatable bonds is 2. The maximum absolute atomic E-state index is 4.04. The van der Waals surface area contributed by atoms with Gasteiger partial charge in [0.2, 0.25) is 0 Å². The Labute approximate surface area is 140 Å². The fraction of sp³-hybridized carbons (Fsp3) is 0.867. The molecule has 3 heteroatoms. The molecule has 0 bridgehead atoms. The van der Waals surface area contributed by atoms with Crippen LogP contribution in [-0.4, -0.2) is 42.0 Å². The molecule has 0 unspecified atom stereocenters. The molecule has 2 aliphatic heterocycles. The van der Waals surface area contributed by atoms with Crippen molar-refractivity contribution in [3.05, 3.63) is 14.5 Å². The Morgan fingerprint density at radius 1 is 0.889 bits per heavy atom. The van der Waals surface area contributed by atoms with Crippen molar-refractivity contribution in [2.24, 2.45) is 11.8 Å². The molecule has 0 amide bonds. The van der Waals surface area contributed by atoms with Crippen molar-refractivity contribution in [2.45, 2.75) is 45.6 Å². The third kappa shape index (κ3) is 5.19. The van der Waals surface area contributed by atoms with Crippen LogP contribution in [0.3, 0.4) is 0 Å². The first-order valence-electron chi connectivity index (χ1n) is 6.96. The Kier molecular flexibility index (Phi) is 9.57. The van der Waals surface area contributed by atoms with E-state index in [9.17, 15) is 0 Å². The van der Waals surface area contributed by atoms with Crippen molar-refractivity contribution in [3.63, 3.8) is 0 Å². The van der Waals surface area contributed by atoms with Gasteiger partial charge in [-0.3, -0.25) is 7.05 Å². The average Bonchev–Trinajstić information content (AvgIpc) is 2.30. The Balaban J connectivity index is 0.00000144. The van der Waals surface area contributed by atoms with Crippen molar-refractivity contribution in [2.75, 3.05) is 26.2 Å². The van der Waals surface area contributed by atoms with E-state index in [-0.39, 0.29) is 40.1 Å². The molecular weight excluding hydrogens is 297 g/mol. The van der Waals surface area contributed by atoms with Gasteiger partial charge in [-0.15, -0.1) is 0 Å². The van der Waals surface area contributed by atoms with Gasteiger partial charge in [-0.1, -0.05) is 0 Å². The standard InChI is InChI=1S/C14H27N2.CH3.Y/c1-12(2)16-10-6-14(7-11-16)13-4-8-15(3)9-5-13;;/h12-14H,3-11H2,1-2H3;1H3;/q2*-1;. The molecule has 2 nitrogen and oxygen atoms in total. The van der Waals surface area contributed by atoms with E-state index in [2.05, 4.69) is 30.7 Å². The maximum atomic E-state index is 4.04. The van der Waals surface area contributed by atoms with Crippen LogP contribution >= 0.6 is 0 Å². The first kappa shape index (κ1) is 19.0. The van der Waals surface area contributed by atoms with Crippen LogP contribution in [0.5, 0.6) is 0 Å². The molecule has 1 radical (unpaired) electrons. The topological polar surface area (TPSA) is 6.48 Å². The maximum Gasteiger partial charge on any atom is 0.00385 e. The van der Waals surface area contributed by atoms with E-state index in [0.29, 0.717) is 0 Å². The van der Waals surface area contributed by atoms with Crippen LogP contribution < -0.4 is 0 Å². The van der Waals surface area contributed by atoms with Crippen LogP contribution in [0.4, 0.5) is 0 Å². The minimum atomic E-state index is 0. The van der Waals surface area contributed by atoms with Gasteiger partial charge in [-0.05, 0) is 77.5 Å². The molecule has 0 aromatic heterocycles. The third-order valence-corrected chi connectivity index (χ3v) is 4.60.